The SMILES string of the molecule is CCNC(CC1CCCO1)c1ccc(F)cc1F. The molecule has 0 amide bonds. The molecule has 2 atom stereocenters. The molecule has 1 fully saturated rings. The molecular formula is C14H19F2NO. The molecule has 2 unspecified atom stereocenters. The minimum atomic E-state index is -0.538. The van der Waals surface area contributed by atoms with Gasteiger partial charge in [-0.3, -0.25) is 0 Å². The third-order valence-electron chi connectivity index (χ3n) is 3.31. The van der Waals surface area contributed by atoms with Crippen LogP contribution in [0.25, 0.3) is 0 Å². The Kier molecular flexibility index (Phi) is 4.66. The molecule has 1 N–H and O–H groups in total. The second kappa shape index (κ2) is 6.25. The van der Waals surface area contributed by atoms with E-state index >= 15 is 0 Å². The van der Waals surface area contributed by atoms with E-state index in [0.29, 0.717) is 5.56 Å². The Morgan fingerprint density at radius 2 is 2.28 bits per heavy atom. The lowest BCUT2D eigenvalue weighted by molar-refractivity contribution is 0.0944. The van der Waals surface area contributed by atoms with Crippen LogP contribution in [0.1, 0.15) is 37.8 Å². The van der Waals surface area contributed by atoms with Crippen LogP contribution in [0, 0.1) is 11.6 Å². The zero-order chi connectivity index (χ0) is 13.0. The molecule has 0 aliphatic carbocycles. The summed E-state index contributed by atoms with van der Waals surface area (Å²) in [4.78, 5) is 0. The lowest BCUT2D eigenvalue weighted by Gasteiger charge is -2.22. The summed E-state index contributed by atoms with van der Waals surface area (Å²) in [5.41, 5.74) is 0.522. The molecule has 2 nitrogen and oxygen atoms in total. The Hall–Kier alpha value is -1.00. The largest absolute Gasteiger partial charge is 0.378 e. The summed E-state index contributed by atoms with van der Waals surface area (Å²) >= 11 is 0. The molecule has 0 bridgehead atoms. The van der Waals surface area contributed by atoms with E-state index in [-0.39, 0.29) is 12.1 Å². The van der Waals surface area contributed by atoms with Crippen molar-refractivity contribution in [2.24, 2.45) is 0 Å². The first-order valence-corrected chi connectivity index (χ1v) is 6.50. The van der Waals surface area contributed by atoms with Crippen molar-refractivity contribution in [2.75, 3.05) is 13.2 Å². The number of benzene rings is 1. The van der Waals surface area contributed by atoms with E-state index in [0.717, 1.165) is 38.5 Å². The number of ether oxygens (including phenoxy) is 1. The van der Waals surface area contributed by atoms with Crippen molar-refractivity contribution in [3.63, 3.8) is 0 Å². The van der Waals surface area contributed by atoms with Crippen LogP contribution in [0.5, 0.6) is 0 Å². The van der Waals surface area contributed by atoms with E-state index in [2.05, 4.69) is 5.32 Å². The van der Waals surface area contributed by atoms with E-state index in [1.165, 1.54) is 12.1 Å². The Morgan fingerprint density at radius 3 is 2.89 bits per heavy atom. The first-order chi connectivity index (χ1) is 8.70. The predicted octanol–water partition coefficient (Wildman–Crippen LogP) is 3.18. The minimum absolute atomic E-state index is 0.112. The summed E-state index contributed by atoms with van der Waals surface area (Å²) in [5.74, 6) is -1.03. The van der Waals surface area contributed by atoms with Gasteiger partial charge in [0.1, 0.15) is 11.6 Å². The second-order valence-electron chi connectivity index (χ2n) is 4.65. The zero-order valence-electron chi connectivity index (χ0n) is 10.6. The molecule has 0 radical (unpaired) electrons. The fourth-order valence-corrected chi connectivity index (χ4v) is 2.44. The summed E-state index contributed by atoms with van der Waals surface area (Å²) in [5, 5.41) is 3.24. The van der Waals surface area contributed by atoms with E-state index < -0.39 is 11.6 Å². The van der Waals surface area contributed by atoms with Crippen molar-refractivity contribution in [3.05, 3.63) is 35.4 Å². The highest BCUT2D eigenvalue weighted by molar-refractivity contribution is 5.22. The maximum atomic E-state index is 13.8. The molecule has 1 heterocycles. The van der Waals surface area contributed by atoms with Gasteiger partial charge in [-0.1, -0.05) is 13.0 Å². The summed E-state index contributed by atoms with van der Waals surface area (Å²) in [7, 11) is 0. The molecule has 18 heavy (non-hydrogen) atoms. The maximum absolute atomic E-state index is 13.8. The van der Waals surface area contributed by atoms with Gasteiger partial charge in [-0.2, -0.15) is 0 Å². The number of nitrogens with one attached hydrogen (secondary N) is 1. The highest BCUT2D eigenvalue weighted by Gasteiger charge is 2.23. The molecule has 1 aliphatic heterocycles. The number of hydrogen-bond donors (Lipinski definition) is 1. The lowest BCUT2D eigenvalue weighted by Crippen LogP contribution is -2.26. The average molecular weight is 255 g/mol. The fraction of sp³-hybridized carbons (Fsp3) is 0.571. The Bertz CT molecular complexity index is 391. The van der Waals surface area contributed by atoms with Crippen molar-refractivity contribution in [1.29, 1.82) is 0 Å². The lowest BCUT2D eigenvalue weighted by atomic mass is 9.98. The molecule has 100 valence electrons. The molecule has 1 aliphatic rings. The van der Waals surface area contributed by atoms with Gasteiger partial charge in [0.2, 0.25) is 0 Å². The predicted molar refractivity (Wildman–Crippen MR) is 66.4 cm³/mol. The highest BCUT2D eigenvalue weighted by Crippen LogP contribution is 2.27. The van der Waals surface area contributed by atoms with Crippen LogP contribution in [0.3, 0.4) is 0 Å². The molecular weight excluding hydrogens is 236 g/mol. The van der Waals surface area contributed by atoms with Crippen molar-refractivity contribution in [2.45, 2.75) is 38.3 Å². The Morgan fingerprint density at radius 1 is 1.44 bits per heavy atom. The number of rotatable bonds is 5. The Balaban J connectivity index is 2.12. The van der Waals surface area contributed by atoms with Crippen LogP contribution in [0.15, 0.2) is 18.2 Å². The summed E-state index contributed by atoms with van der Waals surface area (Å²) in [6.45, 7) is 3.51. The monoisotopic (exact) mass is 255 g/mol. The third kappa shape index (κ3) is 3.27. The molecule has 1 aromatic rings. The van der Waals surface area contributed by atoms with Crippen LogP contribution in [-0.2, 0) is 4.74 Å². The number of halogens is 2. The van der Waals surface area contributed by atoms with Crippen LogP contribution < -0.4 is 5.32 Å². The number of hydrogen-bond acceptors (Lipinski definition) is 2. The van der Waals surface area contributed by atoms with Gasteiger partial charge in [0.05, 0.1) is 6.10 Å². The normalized spacial score (nSPS) is 21.2. The third-order valence-corrected chi connectivity index (χ3v) is 3.31. The first-order valence-electron chi connectivity index (χ1n) is 6.50. The highest BCUT2D eigenvalue weighted by atomic mass is 19.1. The standard InChI is InChI=1S/C14H19F2NO/c1-2-17-14(9-11-4-3-7-18-11)12-6-5-10(15)8-13(12)16/h5-6,8,11,14,17H,2-4,7,9H2,1H3. The first kappa shape index (κ1) is 13.4. The van der Waals surface area contributed by atoms with Crippen LogP contribution in [0.4, 0.5) is 8.78 Å². The molecule has 1 aromatic carbocycles. The second-order valence-corrected chi connectivity index (χ2v) is 4.65. The van der Waals surface area contributed by atoms with Crippen LogP contribution in [0.2, 0.25) is 0 Å². The van der Waals surface area contributed by atoms with Crippen molar-refractivity contribution in [1.82, 2.24) is 5.32 Å². The smallest absolute Gasteiger partial charge is 0.130 e. The molecule has 0 saturated carbocycles. The van der Waals surface area contributed by atoms with Crippen molar-refractivity contribution < 1.29 is 13.5 Å². The van der Waals surface area contributed by atoms with Crippen molar-refractivity contribution >= 4 is 0 Å². The quantitative estimate of drug-likeness (QED) is 0.872. The van der Waals surface area contributed by atoms with Crippen LogP contribution in [-0.4, -0.2) is 19.3 Å². The Labute approximate surface area is 106 Å². The van der Waals surface area contributed by atoms with E-state index in [9.17, 15) is 8.78 Å². The zero-order valence-corrected chi connectivity index (χ0v) is 10.6. The van der Waals surface area contributed by atoms with Gasteiger partial charge in [-0.25, -0.2) is 8.78 Å². The van der Waals surface area contributed by atoms with Gasteiger partial charge in [0.15, 0.2) is 0 Å². The fourth-order valence-electron chi connectivity index (χ4n) is 2.44. The van der Waals surface area contributed by atoms with E-state index in [1.807, 2.05) is 6.92 Å². The maximum Gasteiger partial charge on any atom is 0.130 e. The van der Waals surface area contributed by atoms with Gasteiger partial charge in [-0.15, -0.1) is 0 Å². The molecule has 0 aromatic heterocycles. The molecule has 2 rings (SSSR count). The van der Waals surface area contributed by atoms with Gasteiger partial charge >= 0.3 is 0 Å². The van der Waals surface area contributed by atoms with Gasteiger partial charge in [0, 0.05) is 24.3 Å². The minimum Gasteiger partial charge on any atom is -0.378 e. The summed E-state index contributed by atoms with van der Waals surface area (Å²) < 4.78 is 32.3. The van der Waals surface area contributed by atoms with E-state index in [1.54, 1.807) is 0 Å². The van der Waals surface area contributed by atoms with E-state index in [4.69, 9.17) is 4.74 Å². The van der Waals surface area contributed by atoms with Gasteiger partial charge in [-0.05, 0) is 31.9 Å². The summed E-state index contributed by atoms with van der Waals surface area (Å²) in [6, 6.07) is 3.65. The summed E-state index contributed by atoms with van der Waals surface area (Å²) in [6.07, 6.45) is 3.00. The van der Waals surface area contributed by atoms with Crippen molar-refractivity contribution in [3.8, 4) is 0 Å². The molecule has 4 heteroatoms. The topological polar surface area (TPSA) is 21.3 Å². The van der Waals surface area contributed by atoms with Gasteiger partial charge < -0.3 is 10.1 Å². The average Bonchev–Trinajstić information content (AvgIpc) is 2.81. The molecule has 1 saturated heterocycles. The van der Waals surface area contributed by atoms with Gasteiger partial charge in [0.25, 0.3) is 0 Å². The molecule has 0 spiro atoms. The van der Waals surface area contributed by atoms with Crippen LogP contribution >= 0.6 is 0 Å².